The number of methoxy groups -OCH3 is 2. The number of carbonyl (C=O) groups is 2. The smallest absolute Gasteiger partial charge is 0.338 e. The zero-order valence-electron chi connectivity index (χ0n) is 19.9. The first kappa shape index (κ1) is 23.0. The SMILES string of the molecule is CCC1=C(C(=O)OC)[C@@H](c2ccccc2OC)N2C(CC(=O)N[C@H]3C[C@H]4CC[C@H]3C4)=CSC2=N1. The number of ether oxygens (including phenoxy) is 2. The van der Waals surface area contributed by atoms with E-state index in [1.165, 1.54) is 38.1 Å². The lowest BCUT2D eigenvalue weighted by molar-refractivity contribution is -0.136. The molecule has 2 bridgehead atoms. The first-order chi connectivity index (χ1) is 16.5. The van der Waals surface area contributed by atoms with Gasteiger partial charge in [-0.25, -0.2) is 9.79 Å². The summed E-state index contributed by atoms with van der Waals surface area (Å²) in [5.74, 6) is 1.67. The van der Waals surface area contributed by atoms with E-state index in [0.29, 0.717) is 29.4 Å². The monoisotopic (exact) mass is 481 g/mol. The third-order valence-corrected chi connectivity index (χ3v) is 8.38. The van der Waals surface area contributed by atoms with Crippen molar-refractivity contribution in [3.63, 3.8) is 0 Å². The molecule has 1 aromatic rings. The second-order valence-corrected chi connectivity index (χ2v) is 10.2. The van der Waals surface area contributed by atoms with Crippen molar-refractivity contribution in [2.45, 2.75) is 57.5 Å². The third kappa shape index (κ3) is 4.02. The van der Waals surface area contributed by atoms with Crippen molar-refractivity contribution < 1.29 is 19.1 Å². The van der Waals surface area contributed by atoms with E-state index in [1.54, 1.807) is 7.11 Å². The summed E-state index contributed by atoms with van der Waals surface area (Å²) in [6.45, 7) is 1.98. The summed E-state index contributed by atoms with van der Waals surface area (Å²) < 4.78 is 10.9. The van der Waals surface area contributed by atoms with Crippen LogP contribution in [-0.4, -0.2) is 42.2 Å². The summed E-state index contributed by atoms with van der Waals surface area (Å²) in [6.07, 6.45) is 5.69. The lowest BCUT2D eigenvalue weighted by atomic mass is 9.92. The molecule has 2 heterocycles. The Morgan fingerprint density at radius 2 is 2.03 bits per heavy atom. The van der Waals surface area contributed by atoms with Gasteiger partial charge in [0.25, 0.3) is 0 Å². The van der Waals surface area contributed by atoms with Crippen LogP contribution >= 0.6 is 11.8 Å². The minimum atomic E-state index is -0.484. The van der Waals surface area contributed by atoms with Gasteiger partial charge in [0.05, 0.1) is 38.0 Å². The Morgan fingerprint density at radius 1 is 1.21 bits per heavy atom. The number of amidine groups is 1. The van der Waals surface area contributed by atoms with Crippen LogP contribution in [0.2, 0.25) is 0 Å². The fourth-order valence-electron chi connectivity index (χ4n) is 5.94. The standard InChI is InChI=1S/C26H31N3O4S/c1-4-19-23(25(31)33-3)24(18-7-5-6-8-21(18)32-2)29-17(14-34-26(29)28-19)13-22(30)27-20-12-15-9-10-16(20)11-15/h5-8,14-16,20,24H,4,9-13H2,1-3H3,(H,27,30)/t15-,16-,20-,24+/m0/s1. The minimum absolute atomic E-state index is 0.0225. The van der Waals surface area contributed by atoms with Crippen LogP contribution in [0.3, 0.4) is 0 Å². The number of fused-ring (bicyclic) bond motifs is 3. The van der Waals surface area contributed by atoms with Crippen LogP contribution in [0.4, 0.5) is 0 Å². The van der Waals surface area contributed by atoms with E-state index >= 15 is 0 Å². The average Bonchev–Trinajstić information content (AvgIpc) is 3.58. The molecular formula is C26H31N3O4S. The van der Waals surface area contributed by atoms with Crippen LogP contribution in [0.15, 0.2) is 51.6 Å². The van der Waals surface area contributed by atoms with Gasteiger partial charge in [0, 0.05) is 17.3 Å². The Hall–Kier alpha value is -2.74. The highest BCUT2D eigenvalue weighted by Crippen LogP contribution is 2.48. The predicted octanol–water partition coefficient (Wildman–Crippen LogP) is 4.53. The average molecular weight is 482 g/mol. The summed E-state index contributed by atoms with van der Waals surface area (Å²) in [6, 6.07) is 7.48. The van der Waals surface area contributed by atoms with Crippen molar-refractivity contribution in [1.29, 1.82) is 0 Å². The fourth-order valence-corrected chi connectivity index (χ4v) is 6.88. The van der Waals surface area contributed by atoms with Gasteiger partial charge in [-0.05, 0) is 49.0 Å². The summed E-state index contributed by atoms with van der Waals surface area (Å²) in [5, 5.41) is 6.04. The lowest BCUT2D eigenvalue weighted by Gasteiger charge is -2.37. The highest BCUT2D eigenvalue weighted by atomic mass is 32.2. The summed E-state index contributed by atoms with van der Waals surface area (Å²) in [7, 11) is 3.01. The number of benzene rings is 1. The molecule has 0 radical (unpaired) electrons. The molecule has 1 N–H and O–H groups in total. The number of esters is 1. The van der Waals surface area contributed by atoms with Crippen LogP contribution in [0.5, 0.6) is 5.75 Å². The topological polar surface area (TPSA) is 80.2 Å². The van der Waals surface area contributed by atoms with Crippen molar-refractivity contribution in [3.8, 4) is 5.75 Å². The van der Waals surface area contributed by atoms with Crippen molar-refractivity contribution in [2.24, 2.45) is 16.8 Å². The van der Waals surface area contributed by atoms with Crippen LogP contribution in [0, 0.1) is 11.8 Å². The molecule has 0 spiro atoms. The van der Waals surface area contributed by atoms with E-state index in [2.05, 4.69) is 5.32 Å². The molecule has 34 heavy (non-hydrogen) atoms. The molecular weight excluding hydrogens is 450 g/mol. The zero-order valence-corrected chi connectivity index (χ0v) is 20.7. The Kier molecular flexibility index (Phi) is 6.42. The number of rotatable bonds is 7. The van der Waals surface area contributed by atoms with Crippen molar-refractivity contribution in [1.82, 2.24) is 10.2 Å². The van der Waals surface area contributed by atoms with Crippen LogP contribution in [0.25, 0.3) is 0 Å². The molecule has 0 unspecified atom stereocenters. The van der Waals surface area contributed by atoms with Crippen LogP contribution in [-0.2, 0) is 14.3 Å². The molecule has 2 aliphatic carbocycles. The highest BCUT2D eigenvalue weighted by Gasteiger charge is 2.43. The second kappa shape index (κ2) is 9.49. The maximum absolute atomic E-state index is 13.1. The van der Waals surface area contributed by atoms with Crippen molar-refractivity contribution in [2.75, 3.05) is 14.2 Å². The van der Waals surface area contributed by atoms with E-state index in [1.807, 2.05) is 41.5 Å². The van der Waals surface area contributed by atoms with Gasteiger partial charge in [-0.15, -0.1) is 0 Å². The number of nitrogens with zero attached hydrogens (tertiary/aromatic N) is 2. The van der Waals surface area contributed by atoms with Crippen LogP contribution < -0.4 is 10.1 Å². The van der Waals surface area contributed by atoms with Crippen molar-refractivity contribution >= 4 is 28.8 Å². The number of carbonyl (C=O) groups excluding carboxylic acids is 2. The van der Waals surface area contributed by atoms with Gasteiger partial charge in [-0.3, -0.25) is 4.79 Å². The molecule has 2 fully saturated rings. The van der Waals surface area contributed by atoms with Gasteiger partial charge in [0.2, 0.25) is 5.91 Å². The minimum Gasteiger partial charge on any atom is -0.496 e. The summed E-state index contributed by atoms with van der Waals surface area (Å²) in [4.78, 5) is 32.9. The van der Waals surface area contributed by atoms with Gasteiger partial charge in [-0.2, -0.15) is 0 Å². The van der Waals surface area contributed by atoms with Crippen molar-refractivity contribution in [3.05, 3.63) is 52.2 Å². The third-order valence-electron chi connectivity index (χ3n) is 7.49. The number of aliphatic imine (C=N–C) groups is 1. The number of nitrogens with one attached hydrogen (secondary N) is 1. The van der Waals surface area contributed by atoms with Gasteiger partial charge in [0.15, 0.2) is 5.17 Å². The molecule has 0 aromatic heterocycles. The van der Waals surface area contributed by atoms with E-state index < -0.39 is 12.0 Å². The molecule has 4 atom stereocenters. The molecule has 5 rings (SSSR count). The van der Waals surface area contributed by atoms with Crippen LogP contribution in [0.1, 0.15) is 57.1 Å². The van der Waals surface area contributed by atoms with Gasteiger partial charge in [-0.1, -0.05) is 43.3 Å². The second-order valence-electron chi connectivity index (χ2n) is 9.37. The summed E-state index contributed by atoms with van der Waals surface area (Å²) >= 11 is 1.49. The molecule has 4 aliphatic rings. The predicted molar refractivity (Wildman–Crippen MR) is 132 cm³/mol. The van der Waals surface area contributed by atoms with E-state index in [-0.39, 0.29) is 18.4 Å². The largest absolute Gasteiger partial charge is 0.496 e. The highest BCUT2D eigenvalue weighted by molar-refractivity contribution is 8.16. The maximum Gasteiger partial charge on any atom is 0.338 e. The fraction of sp³-hybridized carbons (Fsp3) is 0.500. The Labute approximate surface area is 204 Å². The molecule has 2 aliphatic heterocycles. The summed E-state index contributed by atoms with van der Waals surface area (Å²) in [5.41, 5.74) is 2.85. The number of hydrogen-bond donors (Lipinski definition) is 1. The van der Waals surface area contributed by atoms with Gasteiger partial charge < -0.3 is 19.7 Å². The number of thioether (sulfide) groups is 1. The first-order valence-corrected chi connectivity index (χ1v) is 12.9. The number of para-hydroxylation sites is 1. The maximum atomic E-state index is 13.1. The normalized spacial score (nSPS) is 27.3. The van der Waals surface area contributed by atoms with E-state index in [9.17, 15) is 9.59 Å². The van der Waals surface area contributed by atoms with Gasteiger partial charge in [0.1, 0.15) is 5.75 Å². The Bertz CT molecular complexity index is 1100. The molecule has 1 amide bonds. The molecule has 2 saturated carbocycles. The lowest BCUT2D eigenvalue weighted by Crippen LogP contribution is -2.41. The molecule has 7 nitrogen and oxygen atoms in total. The molecule has 180 valence electrons. The zero-order chi connectivity index (χ0) is 23.8. The number of amides is 1. The molecule has 8 heteroatoms. The quantitative estimate of drug-likeness (QED) is 0.577. The van der Waals surface area contributed by atoms with Gasteiger partial charge >= 0.3 is 5.97 Å². The van der Waals surface area contributed by atoms with E-state index in [0.717, 1.165) is 28.8 Å². The first-order valence-electron chi connectivity index (χ1n) is 12.0. The number of hydrogen-bond acceptors (Lipinski definition) is 7. The Balaban J connectivity index is 1.47. The Morgan fingerprint density at radius 3 is 2.71 bits per heavy atom. The van der Waals surface area contributed by atoms with E-state index in [4.69, 9.17) is 14.5 Å². The number of allylic oxidation sites excluding steroid dienone is 1. The molecule has 0 saturated heterocycles. The molecule has 1 aromatic carbocycles.